The second-order valence-electron chi connectivity index (χ2n) is 4.78. The van der Waals surface area contributed by atoms with E-state index in [0.717, 1.165) is 11.0 Å². The van der Waals surface area contributed by atoms with Crippen LogP contribution in [0.5, 0.6) is 0 Å². The van der Waals surface area contributed by atoms with Gasteiger partial charge in [-0.2, -0.15) is 0 Å². The Hall–Kier alpha value is -1.85. The van der Waals surface area contributed by atoms with Crippen LogP contribution in [0, 0.1) is 5.82 Å². The number of aliphatic hydroxyl groups is 1. The molecule has 0 saturated carbocycles. The van der Waals surface area contributed by atoms with Crippen molar-refractivity contribution in [2.45, 2.75) is 12.5 Å². The van der Waals surface area contributed by atoms with E-state index in [-0.39, 0.29) is 12.2 Å². The van der Waals surface area contributed by atoms with Crippen LogP contribution in [-0.2, 0) is 6.42 Å². The minimum Gasteiger partial charge on any atom is -0.386 e. The fourth-order valence-corrected chi connectivity index (χ4v) is 2.70. The molecule has 3 aromatic rings. The molecule has 5 heteroatoms. The summed E-state index contributed by atoms with van der Waals surface area (Å²) in [6.07, 6.45) is 1.01. The minimum absolute atomic E-state index is 0.281. The van der Waals surface area contributed by atoms with E-state index in [4.69, 9.17) is 0 Å². The van der Waals surface area contributed by atoms with Crippen LogP contribution in [0.15, 0.2) is 53.1 Å². The van der Waals surface area contributed by atoms with Gasteiger partial charge in [0.2, 0.25) is 0 Å². The molecule has 106 valence electrons. The van der Waals surface area contributed by atoms with Crippen LogP contribution in [0.25, 0.3) is 11.0 Å². The van der Waals surface area contributed by atoms with Crippen molar-refractivity contribution >= 4 is 27.0 Å². The monoisotopic (exact) mass is 346 g/mol. The molecular formula is C16H12BrFN2O. The van der Waals surface area contributed by atoms with Crippen LogP contribution in [0.1, 0.15) is 17.4 Å². The largest absolute Gasteiger partial charge is 0.386 e. The number of fused-ring (bicyclic) bond motifs is 1. The van der Waals surface area contributed by atoms with Gasteiger partial charge in [-0.05, 0) is 35.9 Å². The second kappa shape index (κ2) is 5.87. The summed E-state index contributed by atoms with van der Waals surface area (Å²) in [5.74, 6) is -0.337. The number of halogens is 2. The minimum atomic E-state index is -0.823. The van der Waals surface area contributed by atoms with Crippen molar-refractivity contribution in [2.24, 2.45) is 0 Å². The Labute approximate surface area is 129 Å². The molecule has 0 aliphatic heterocycles. The van der Waals surface area contributed by atoms with Crippen LogP contribution in [0.4, 0.5) is 4.39 Å². The van der Waals surface area contributed by atoms with Crippen LogP contribution >= 0.6 is 15.9 Å². The Morgan fingerprint density at radius 1 is 1.14 bits per heavy atom. The Morgan fingerprint density at radius 3 is 2.67 bits per heavy atom. The molecule has 1 atom stereocenters. The molecule has 0 saturated heterocycles. The third-order valence-electron chi connectivity index (χ3n) is 3.16. The zero-order chi connectivity index (χ0) is 14.8. The number of rotatable bonds is 3. The van der Waals surface area contributed by atoms with Crippen molar-refractivity contribution in [1.82, 2.24) is 9.97 Å². The smallest absolute Gasteiger partial charge is 0.124 e. The van der Waals surface area contributed by atoms with E-state index in [2.05, 4.69) is 25.9 Å². The Morgan fingerprint density at radius 2 is 1.90 bits per heavy atom. The molecule has 2 aromatic carbocycles. The van der Waals surface area contributed by atoms with E-state index in [1.165, 1.54) is 12.1 Å². The van der Waals surface area contributed by atoms with Gasteiger partial charge in [0.25, 0.3) is 0 Å². The summed E-state index contributed by atoms with van der Waals surface area (Å²) >= 11 is 3.24. The molecule has 0 bridgehead atoms. The zero-order valence-corrected chi connectivity index (χ0v) is 12.6. The van der Waals surface area contributed by atoms with Gasteiger partial charge in [-0.1, -0.05) is 28.1 Å². The molecule has 0 fully saturated rings. The normalized spacial score (nSPS) is 12.5. The van der Waals surface area contributed by atoms with E-state index in [0.29, 0.717) is 15.7 Å². The maximum Gasteiger partial charge on any atom is 0.124 e. The lowest BCUT2D eigenvalue weighted by Crippen LogP contribution is -2.05. The molecule has 1 unspecified atom stereocenters. The van der Waals surface area contributed by atoms with Crippen LogP contribution in [0.2, 0.25) is 0 Å². The summed E-state index contributed by atoms with van der Waals surface area (Å²) in [6.45, 7) is 0. The van der Waals surface area contributed by atoms with Crippen molar-refractivity contribution < 1.29 is 9.50 Å². The third-order valence-corrected chi connectivity index (χ3v) is 3.62. The van der Waals surface area contributed by atoms with Crippen molar-refractivity contribution in [3.8, 4) is 0 Å². The number of aromatic nitrogens is 2. The second-order valence-corrected chi connectivity index (χ2v) is 5.70. The zero-order valence-electron chi connectivity index (χ0n) is 11.0. The number of para-hydroxylation sites is 2. The van der Waals surface area contributed by atoms with E-state index < -0.39 is 6.10 Å². The van der Waals surface area contributed by atoms with Crippen molar-refractivity contribution in [3.63, 3.8) is 0 Å². The highest BCUT2D eigenvalue weighted by molar-refractivity contribution is 9.10. The molecule has 0 spiro atoms. The van der Waals surface area contributed by atoms with Crippen LogP contribution in [0.3, 0.4) is 0 Å². The fraction of sp³-hybridized carbons (Fsp3) is 0.125. The lowest BCUT2D eigenvalue weighted by molar-refractivity contribution is 0.173. The van der Waals surface area contributed by atoms with E-state index in [1.807, 2.05) is 24.3 Å². The Balaban J connectivity index is 1.87. The Kier molecular flexibility index (Phi) is 3.94. The first kappa shape index (κ1) is 14.1. The predicted molar refractivity (Wildman–Crippen MR) is 82.3 cm³/mol. The molecule has 0 aliphatic rings. The van der Waals surface area contributed by atoms with Gasteiger partial charge in [0.15, 0.2) is 0 Å². The lowest BCUT2D eigenvalue weighted by Gasteiger charge is -2.11. The van der Waals surface area contributed by atoms with E-state index >= 15 is 0 Å². The first-order valence-corrected chi connectivity index (χ1v) is 7.26. The maximum atomic E-state index is 13.3. The van der Waals surface area contributed by atoms with Gasteiger partial charge in [0, 0.05) is 10.9 Å². The molecule has 0 radical (unpaired) electrons. The average Bonchev–Trinajstić information content (AvgIpc) is 2.45. The highest BCUT2D eigenvalue weighted by Gasteiger charge is 2.12. The number of aliphatic hydroxyl groups excluding tert-OH is 1. The summed E-state index contributed by atoms with van der Waals surface area (Å²) in [5, 5.41) is 10.3. The summed E-state index contributed by atoms with van der Waals surface area (Å²) in [6, 6.07) is 12.0. The van der Waals surface area contributed by atoms with Gasteiger partial charge in [-0.15, -0.1) is 0 Å². The van der Waals surface area contributed by atoms with E-state index in [1.54, 1.807) is 12.3 Å². The molecule has 3 rings (SSSR count). The summed E-state index contributed by atoms with van der Waals surface area (Å²) in [4.78, 5) is 8.67. The molecule has 1 heterocycles. The molecule has 0 aliphatic carbocycles. The number of hydrogen-bond acceptors (Lipinski definition) is 3. The van der Waals surface area contributed by atoms with E-state index in [9.17, 15) is 9.50 Å². The standard InChI is InChI=1S/C16H12BrFN2O/c17-11-5-10(6-12(18)8-11)7-16(21)15-9-19-13-3-1-2-4-14(13)20-15/h1-6,8-9,16,21H,7H2. The van der Waals surface area contributed by atoms with Crippen molar-refractivity contribution in [1.29, 1.82) is 0 Å². The third kappa shape index (κ3) is 3.25. The van der Waals surface area contributed by atoms with Gasteiger partial charge >= 0.3 is 0 Å². The van der Waals surface area contributed by atoms with Crippen LogP contribution < -0.4 is 0 Å². The molecule has 0 amide bonds. The van der Waals surface area contributed by atoms with Crippen LogP contribution in [-0.4, -0.2) is 15.1 Å². The fourth-order valence-electron chi connectivity index (χ4n) is 2.19. The highest BCUT2D eigenvalue weighted by atomic mass is 79.9. The topological polar surface area (TPSA) is 46.0 Å². The summed E-state index contributed by atoms with van der Waals surface area (Å²) < 4.78 is 14.0. The first-order chi connectivity index (χ1) is 10.1. The predicted octanol–water partition coefficient (Wildman–Crippen LogP) is 3.81. The SMILES string of the molecule is OC(Cc1cc(F)cc(Br)c1)c1cnc2ccccc2n1. The summed E-state index contributed by atoms with van der Waals surface area (Å²) in [5.41, 5.74) is 2.69. The average molecular weight is 347 g/mol. The van der Waals surface area contributed by atoms with Crippen molar-refractivity contribution in [2.75, 3.05) is 0 Å². The van der Waals surface area contributed by atoms with Gasteiger partial charge in [0.1, 0.15) is 11.9 Å². The maximum absolute atomic E-state index is 13.3. The summed E-state index contributed by atoms with van der Waals surface area (Å²) in [7, 11) is 0. The lowest BCUT2D eigenvalue weighted by atomic mass is 10.1. The highest BCUT2D eigenvalue weighted by Crippen LogP contribution is 2.21. The van der Waals surface area contributed by atoms with Gasteiger partial charge in [0.05, 0.1) is 22.9 Å². The molecule has 1 aromatic heterocycles. The van der Waals surface area contributed by atoms with Gasteiger partial charge in [-0.3, -0.25) is 4.98 Å². The first-order valence-electron chi connectivity index (χ1n) is 6.46. The molecule has 3 nitrogen and oxygen atoms in total. The number of nitrogens with zero attached hydrogens (tertiary/aromatic N) is 2. The number of hydrogen-bond donors (Lipinski definition) is 1. The van der Waals surface area contributed by atoms with Gasteiger partial charge in [-0.25, -0.2) is 9.37 Å². The number of benzene rings is 2. The quantitative estimate of drug-likeness (QED) is 0.784. The molecular weight excluding hydrogens is 335 g/mol. The van der Waals surface area contributed by atoms with Crippen molar-refractivity contribution in [3.05, 3.63) is 70.2 Å². The molecule has 1 N–H and O–H groups in total. The Bertz CT molecular complexity index is 774. The van der Waals surface area contributed by atoms with Gasteiger partial charge < -0.3 is 5.11 Å². The molecule has 21 heavy (non-hydrogen) atoms.